The van der Waals surface area contributed by atoms with Gasteiger partial charge in [0.15, 0.2) is 0 Å². The molecule has 0 aliphatic carbocycles. The smallest absolute Gasteiger partial charge is 0.0933 e. The van der Waals surface area contributed by atoms with E-state index in [9.17, 15) is 0 Å². The standard InChI is InChI=1S/C15H17NO/c1-13-7-5-6-10-15(13)11-16-17-12-14-8-3-2-4-9-14/h2-10,16H,11-12H2,1H3. The Morgan fingerprint density at radius 1 is 0.941 bits per heavy atom. The van der Waals surface area contributed by atoms with Crippen molar-refractivity contribution in [1.82, 2.24) is 5.48 Å². The zero-order valence-electron chi connectivity index (χ0n) is 10.0. The number of nitrogens with one attached hydrogen (secondary N) is 1. The van der Waals surface area contributed by atoms with E-state index in [0.29, 0.717) is 6.61 Å². The average Bonchev–Trinajstić information content (AvgIpc) is 2.38. The van der Waals surface area contributed by atoms with E-state index in [0.717, 1.165) is 6.54 Å². The monoisotopic (exact) mass is 227 g/mol. The highest BCUT2D eigenvalue weighted by Crippen LogP contribution is 2.06. The van der Waals surface area contributed by atoms with Crippen LogP contribution in [0.4, 0.5) is 0 Å². The molecule has 0 aliphatic rings. The average molecular weight is 227 g/mol. The van der Waals surface area contributed by atoms with Crippen molar-refractivity contribution >= 4 is 0 Å². The summed E-state index contributed by atoms with van der Waals surface area (Å²) in [6.07, 6.45) is 0. The molecule has 17 heavy (non-hydrogen) atoms. The Labute approximate surface area is 102 Å². The van der Waals surface area contributed by atoms with Crippen LogP contribution in [-0.2, 0) is 18.0 Å². The Morgan fingerprint density at radius 2 is 1.65 bits per heavy atom. The molecule has 0 heterocycles. The van der Waals surface area contributed by atoms with Crippen molar-refractivity contribution in [3.8, 4) is 0 Å². The number of benzene rings is 2. The Morgan fingerprint density at radius 3 is 2.41 bits per heavy atom. The van der Waals surface area contributed by atoms with Crippen LogP contribution < -0.4 is 5.48 Å². The van der Waals surface area contributed by atoms with Crippen LogP contribution in [0.1, 0.15) is 16.7 Å². The second-order valence-electron chi connectivity index (χ2n) is 4.02. The van der Waals surface area contributed by atoms with Gasteiger partial charge in [0.25, 0.3) is 0 Å². The van der Waals surface area contributed by atoms with Gasteiger partial charge in [0.2, 0.25) is 0 Å². The molecular formula is C15H17NO. The molecular weight excluding hydrogens is 210 g/mol. The first-order valence-corrected chi connectivity index (χ1v) is 5.79. The van der Waals surface area contributed by atoms with Crippen molar-refractivity contribution in [2.45, 2.75) is 20.1 Å². The van der Waals surface area contributed by atoms with E-state index >= 15 is 0 Å². The fourth-order valence-corrected chi connectivity index (χ4v) is 1.65. The minimum absolute atomic E-state index is 0.590. The minimum atomic E-state index is 0.590. The molecule has 0 unspecified atom stereocenters. The molecule has 0 aromatic heterocycles. The lowest BCUT2D eigenvalue weighted by atomic mass is 10.1. The summed E-state index contributed by atoms with van der Waals surface area (Å²) >= 11 is 0. The number of hydrogen-bond acceptors (Lipinski definition) is 2. The molecule has 0 amide bonds. The lowest BCUT2D eigenvalue weighted by Crippen LogP contribution is -2.14. The van der Waals surface area contributed by atoms with Crippen molar-refractivity contribution in [2.75, 3.05) is 0 Å². The van der Waals surface area contributed by atoms with Crippen LogP contribution in [0.3, 0.4) is 0 Å². The van der Waals surface area contributed by atoms with Crippen molar-refractivity contribution < 1.29 is 4.84 Å². The van der Waals surface area contributed by atoms with Crippen LogP contribution in [0.2, 0.25) is 0 Å². The van der Waals surface area contributed by atoms with Gasteiger partial charge in [0.1, 0.15) is 0 Å². The lowest BCUT2D eigenvalue weighted by Gasteiger charge is -2.08. The van der Waals surface area contributed by atoms with Gasteiger partial charge in [-0.25, -0.2) is 0 Å². The summed E-state index contributed by atoms with van der Waals surface area (Å²) in [5.74, 6) is 0. The molecule has 1 N–H and O–H groups in total. The quantitative estimate of drug-likeness (QED) is 0.625. The van der Waals surface area contributed by atoms with E-state index in [2.05, 4.69) is 36.7 Å². The molecule has 2 aromatic carbocycles. The Balaban J connectivity index is 1.76. The molecule has 0 spiro atoms. The second-order valence-corrected chi connectivity index (χ2v) is 4.02. The van der Waals surface area contributed by atoms with Gasteiger partial charge in [-0.2, -0.15) is 5.48 Å². The maximum absolute atomic E-state index is 5.43. The van der Waals surface area contributed by atoms with Gasteiger partial charge in [-0.3, -0.25) is 4.84 Å². The highest BCUT2D eigenvalue weighted by atomic mass is 16.6. The normalized spacial score (nSPS) is 10.4. The predicted octanol–water partition coefficient (Wildman–Crippen LogP) is 3.22. The van der Waals surface area contributed by atoms with Crippen LogP contribution in [-0.4, -0.2) is 0 Å². The molecule has 88 valence electrons. The van der Waals surface area contributed by atoms with E-state index in [1.54, 1.807) is 0 Å². The first kappa shape index (κ1) is 11.8. The number of hydrogen-bond donors (Lipinski definition) is 1. The van der Waals surface area contributed by atoms with Crippen molar-refractivity contribution in [1.29, 1.82) is 0 Å². The van der Waals surface area contributed by atoms with Gasteiger partial charge >= 0.3 is 0 Å². The zero-order chi connectivity index (χ0) is 11.9. The van der Waals surface area contributed by atoms with E-state index in [1.807, 2.05) is 30.3 Å². The van der Waals surface area contributed by atoms with Crippen LogP contribution in [0, 0.1) is 6.92 Å². The molecule has 2 aromatic rings. The van der Waals surface area contributed by atoms with Gasteiger partial charge in [0, 0.05) is 6.54 Å². The lowest BCUT2D eigenvalue weighted by molar-refractivity contribution is 0.0234. The van der Waals surface area contributed by atoms with Crippen molar-refractivity contribution in [2.24, 2.45) is 0 Å². The zero-order valence-corrected chi connectivity index (χ0v) is 10.0. The van der Waals surface area contributed by atoms with Crippen LogP contribution in [0.15, 0.2) is 54.6 Å². The summed E-state index contributed by atoms with van der Waals surface area (Å²) in [6.45, 7) is 3.43. The Kier molecular flexibility index (Phi) is 4.30. The van der Waals surface area contributed by atoms with Gasteiger partial charge in [0.05, 0.1) is 6.61 Å². The molecule has 0 fully saturated rings. The third-order valence-electron chi connectivity index (χ3n) is 2.71. The van der Waals surface area contributed by atoms with E-state index < -0.39 is 0 Å². The topological polar surface area (TPSA) is 21.3 Å². The summed E-state index contributed by atoms with van der Waals surface area (Å²) in [5, 5.41) is 0. The number of aryl methyl sites for hydroxylation is 1. The maximum atomic E-state index is 5.43. The van der Waals surface area contributed by atoms with Gasteiger partial charge < -0.3 is 0 Å². The minimum Gasteiger partial charge on any atom is -0.297 e. The van der Waals surface area contributed by atoms with Gasteiger partial charge in [-0.05, 0) is 23.6 Å². The summed E-state index contributed by atoms with van der Waals surface area (Å²) in [5.41, 5.74) is 6.71. The molecule has 0 bridgehead atoms. The van der Waals surface area contributed by atoms with Crippen molar-refractivity contribution in [3.05, 3.63) is 71.3 Å². The highest BCUT2D eigenvalue weighted by Gasteiger charge is 1.96. The third kappa shape index (κ3) is 3.70. The van der Waals surface area contributed by atoms with Gasteiger partial charge in [-0.1, -0.05) is 54.6 Å². The summed E-state index contributed by atoms with van der Waals surface area (Å²) in [6, 6.07) is 18.4. The maximum Gasteiger partial charge on any atom is 0.0933 e. The van der Waals surface area contributed by atoms with Crippen molar-refractivity contribution in [3.63, 3.8) is 0 Å². The number of rotatable bonds is 5. The fourth-order valence-electron chi connectivity index (χ4n) is 1.65. The second kappa shape index (κ2) is 6.18. The number of hydroxylamine groups is 1. The van der Waals surface area contributed by atoms with Crippen LogP contribution in [0.25, 0.3) is 0 Å². The summed E-state index contributed by atoms with van der Waals surface area (Å²) < 4.78 is 0. The molecule has 0 atom stereocenters. The summed E-state index contributed by atoms with van der Waals surface area (Å²) in [7, 11) is 0. The van der Waals surface area contributed by atoms with Crippen LogP contribution >= 0.6 is 0 Å². The van der Waals surface area contributed by atoms with Crippen LogP contribution in [0.5, 0.6) is 0 Å². The fraction of sp³-hybridized carbons (Fsp3) is 0.200. The Bertz CT molecular complexity index is 453. The molecule has 2 heteroatoms. The predicted molar refractivity (Wildman–Crippen MR) is 69.2 cm³/mol. The first-order chi connectivity index (χ1) is 8.36. The largest absolute Gasteiger partial charge is 0.297 e. The molecule has 0 aliphatic heterocycles. The molecule has 0 radical (unpaired) electrons. The van der Waals surface area contributed by atoms with E-state index in [1.165, 1.54) is 16.7 Å². The van der Waals surface area contributed by atoms with E-state index in [-0.39, 0.29) is 0 Å². The highest BCUT2D eigenvalue weighted by molar-refractivity contribution is 5.25. The summed E-state index contributed by atoms with van der Waals surface area (Å²) in [4.78, 5) is 5.43. The van der Waals surface area contributed by atoms with E-state index in [4.69, 9.17) is 4.84 Å². The Hall–Kier alpha value is -1.64. The molecule has 0 saturated carbocycles. The molecule has 2 rings (SSSR count). The third-order valence-corrected chi connectivity index (χ3v) is 2.71. The SMILES string of the molecule is Cc1ccccc1CNOCc1ccccc1. The first-order valence-electron chi connectivity index (χ1n) is 5.79. The molecule has 0 saturated heterocycles. The van der Waals surface area contributed by atoms with Gasteiger partial charge in [-0.15, -0.1) is 0 Å². The molecule has 2 nitrogen and oxygen atoms in total.